The molecule has 2 heterocycles. The van der Waals surface area contributed by atoms with Gasteiger partial charge in [-0.3, -0.25) is 4.79 Å². The molecular weight excluding hydrogens is 336 g/mol. The molecule has 0 aliphatic carbocycles. The lowest BCUT2D eigenvalue weighted by Crippen LogP contribution is -2.17. The van der Waals surface area contributed by atoms with Gasteiger partial charge in [-0.2, -0.15) is 0 Å². The lowest BCUT2D eigenvalue weighted by atomic mass is 10.0. The van der Waals surface area contributed by atoms with Crippen LogP contribution in [0, 0.1) is 0 Å². The zero-order valence-corrected chi connectivity index (χ0v) is 14.0. The van der Waals surface area contributed by atoms with Gasteiger partial charge in [0.2, 0.25) is 11.2 Å². The van der Waals surface area contributed by atoms with Gasteiger partial charge in [-0.15, -0.1) is 0 Å². The molecule has 0 radical (unpaired) electrons. The van der Waals surface area contributed by atoms with E-state index in [0.717, 1.165) is 6.07 Å². The smallest absolute Gasteiger partial charge is 0.227 e. The molecule has 1 aromatic carbocycles. The number of nitrogens with zero attached hydrogens (tertiary/aromatic N) is 1. The van der Waals surface area contributed by atoms with Crippen LogP contribution >= 0.6 is 0 Å². The van der Waals surface area contributed by atoms with Crippen LogP contribution in [0.3, 0.4) is 0 Å². The fraction of sp³-hybridized carbons (Fsp3) is 0.158. The standard InChI is InChI=1S/C19H18N2O5/c1-25-13-7-5-12(6-8-13)17(21-16-4-2-3-9-20-16)19-18(24)15(23)10-14(11-22)26-19/h2-10,17,22,24H,11H2,1H3,(H,20,21)/t17-/m1/s1. The highest BCUT2D eigenvalue weighted by atomic mass is 16.5. The first-order valence-corrected chi connectivity index (χ1v) is 7.90. The number of rotatable bonds is 6. The minimum absolute atomic E-state index is 0.00244. The first-order valence-electron chi connectivity index (χ1n) is 7.90. The number of pyridine rings is 1. The fourth-order valence-electron chi connectivity index (χ4n) is 2.52. The number of anilines is 1. The van der Waals surface area contributed by atoms with E-state index in [4.69, 9.17) is 9.15 Å². The predicted molar refractivity (Wildman–Crippen MR) is 95.3 cm³/mol. The second-order valence-corrected chi connectivity index (χ2v) is 5.51. The summed E-state index contributed by atoms with van der Waals surface area (Å²) in [5.41, 5.74) is 0.0848. The van der Waals surface area contributed by atoms with Crippen LogP contribution in [0.25, 0.3) is 0 Å². The molecular formula is C19H18N2O5. The van der Waals surface area contributed by atoms with E-state index < -0.39 is 23.8 Å². The summed E-state index contributed by atoms with van der Waals surface area (Å²) in [7, 11) is 1.56. The largest absolute Gasteiger partial charge is 0.502 e. The van der Waals surface area contributed by atoms with Gasteiger partial charge in [0.1, 0.15) is 30.0 Å². The molecule has 0 unspecified atom stereocenters. The molecule has 0 saturated heterocycles. The van der Waals surface area contributed by atoms with Crippen LogP contribution in [-0.4, -0.2) is 22.3 Å². The van der Waals surface area contributed by atoms with E-state index in [1.807, 2.05) is 0 Å². The van der Waals surface area contributed by atoms with Gasteiger partial charge in [0.05, 0.1) is 7.11 Å². The molecule has 0 amide bonds. The van der Waals surface area contributed by atoms with Gasteiger partial charge in [0.15, 0.2) is 5.76 Å². The number of aromatic hydroxyl groups is 1. The Morgan fingerprint density at radius 2 is 2.00 bits per heavy atom. The quantitative estimate of drug-likeness (QED) is 0.624. The Morgan fingerprint density at radius 1 is 1.23 bits per heavy atom. The van der Waals surface area contributed by atoms with Crippen LogP contribution in [0.2, 0.25) is 0 Å². The molecule has 3 aromatic rings. The maximum atomic E-state index is 12.0. The van der Waals surface area contributed by atoms with Crippen LogP contribution < -0.4 is 15.5 Å². The van der Waals surface area contributed by atoms with Crippen LogP contribution in [0.1, 0.15) is 23.1 Å². The maximum Gasteiger partial charge on any atom is 0.227 e. The lowest BCUT2D eigenvalue weighted by Gasteiger charge is -2.20. The number of benzene rings is 1. The highest BCUT2D eigenvalue weighted by Gasteiger charge is 2.24. The molecule has 7 heteroatoms. The summed E-state index contributed by atoms with van der Waals surface area (Å²) in [6.45, 7) is -0.457. The second-order valence-electron chi connectivity index (χ2n) is 5.51. The first-order chi connectivity index (χ1) is 12.6. The number of aliphatic hydroxyl groups is 1. The summed E-state index contributed by atoms with van der Waals surface area (Å²) in [4.78, 5) is 16.2. The van der Waals surface area contributed by atoms with E-state index in [9.17, 15) is 15.0 Å². The van der Waals surface area contributed by atoms with E-state index >= 15 is 0 Å². The Kier molecular flexibility index (Phi) is 5.19. The molecule has 26 heavy (non-hydrogen) atoms. The molecule has 1 atom stereocenters. The SMILES string of the molecule is COc1ccc([C@@H](Nc2ccccn2)c2oc(CO)cc(=O)c2O)cc1. The van der Waals surface area contributed by atoms with Gasteiger partial charge in [-0.25, -0.2) is 4.98 Å². The summed E-state index contributed by atoms with van der Waals surface area (Å²) in [5, 5.41) is 22.7. The number of nitrogens with one attached hydrogen (secondary N) is 1. The zero-order valence-electron chi connectivity index (χ0n) is 14.0. The number of aliphatic hydroxyl groups excluding tert-OH is 1. The lowest BCUT2D eigenvalue weighted by molar-refractivity contribution is 0.234. The minimum Gasteiger partial charge on any atom is -0.502 e. The Balaban J connectivity index is 2.11. The second kappa shape index (κ2) is 7.71. The van der Waals surface area contributed by atoms with Crippen molar-refractivity contribution in [2.75, 3.05) is 12.4 Å². The molecule has 0 bridgehead atoms. The summed E-state index contributed by atoms with van der Waals surface area (Å²) in [5.74, 6) is 0.734. The summed E-state index contributed by atoms with van der Waals surface area (Å²) >= 11 is 0. The van der Waals surface area contributed by atoms with Crippen molar-refractivity contribution in [3.05, 3.63) is 82.0 Å². The fourth-order valence-corrected chi connectivity index (χ4v) is 2.52. The predicted octanol–water partition coefficient (Wildman–Crippen LogP) is 2.44. The monoisotopic (exact) mass is 354 g/mol. The third kappa shape index (κ3) is 3.68. The van der Waals surface area contributed by atoms with Crippen LogP contribution in [0.4, 0.5) is 5.82 Å². The van der Waals surface area contributed by atoms with E-state index in [0.29, 0.717) is 17.1 Å². The van der Waals surface area contributed by atoms with Gasteiger partial charge < -0.3 is 24.7 Å². The van der Waals surface area contributed by atoms with E-state index in [1.165, 1.54) is 0 Å². The first kappa shape index (κ1) is 17.5. The molecule has 7 nitrogen and oxygen atoms in total. The van der Waals surface area contributed by atoms with Crippen LogP contribution in [0.5, 0.6) is 11.5 Å². The van der Waals surface area contributed by atoms with Crippen molar-refractivity contribution in [1.29, 1.82) is 0 Å². The van der Waals surface area contributed by atoms with Gasteiger partial charge in [-0.05, 0) is 29.8 Å². The average molecular weight is 354 g/mol. The van der Waals surface area contributed by atoms with Gasteiger partial charge in [0.25, 0.3) is 0 Å². The Hall–Kier alpha value is -3.32. The highest BCUT2D eigenvalue weighted by Crippen LogP contribution is 2.31. The number of hydrogen-bond acceptors (Lipinski definition) is 7. The van der Waals surface area contributed by atoms with Crippen molar-refractivity contribution < 1.29 is 19.4 Å². The summed E-state index contributed by atoms with van der Waals surface area (Å²) in [6.07, 6.45) is 1.62. The molecule has 3 rings (SSSR count). The van der Waals surface area contributed by atoms with Gasteiger partial charge >= 0.3 is 0 Å². The maximum absolute atomic E-state index is 12.0. The van der Waals surface area contributed by atoms with E-state index in [1.54, 1.807) is 55.8 Å². The minimum atomic E-state index is -0.699. The number of methoxy groups -OCH3 is 1. The summed E-state index contributed by atoms with van der Waals surface area (Å²) < 4.78 is 10.7. The Labute approximate surface area is 149 Å². The molecule has 0 aliphatic heterocycles. The van der Waals surface area contributed by atoms with Crippen molar-refractivity contribution in [2.24, 2.45) is 0 Å². The summed E-state index contributed by atoms with van der Waals surface area (Å²) in [6, 6.07) is 12.8. The van der Waals surface area contributed by atoms with E-state index in [2.05, 4.69) is 10.3 Å². The van der Waals surface area contributed by atoms with Crippen LogP contribution in [0.15, 0.2) is 63.9 Å². The third-order valence-electron chi connectivity index (χ3n) is 3.82. The number of ether oxygens (including phenoxy) is 1. The molecule has 0 saturated carbocycles. The average Bonchev–Trinajstić information content (AvgIpc) is 2.69. The molecule has 2 aromatic heterocycles. The third-order valence-corrected chi connectivity index (χ3v) is 3.82. The van der Waals surface area contributed by atoms with Gasteiger partial charge in [0, 0.05) is 12.3 Å². The van der Waals surface area contributed by atoms with Crippen molar-refractivity contribution in [1.82, 2.24) is 4.98 Å². The highest BCUT2D eigenvalue weighted by molar-refractivity contribution is 5.46. The molecule has 3 N–H and O–H groups in total. The van der Waals surface area contributed by atoms with Crippen LogP contribution in [-0.2, 0) is 6.61 Å². The topological polar surface area (TPSA) is 105 Å². The van der Waals surface area contributed by atoms with Crippen molar-refractivity contribution in [2.45, 2.75) is 12.6 Å². The van der Waals surface area contributed by atoms with Crippen molar-refractivity contribution >= 4 is 5.82 Å². The number of aromatic nitrogens is 1. The Bertz CT molecular complexity index is 923. The van der Waals surface area contributed by atoms with Crippen molar-refractivity contribution in [3.8, 4) is 11.5 Å². The van der Waals surface area contributed by atoms with E-state index in [-0.39, 0.29) is 11.5 Å². The molecule has 0 fully saturated rings. The molecule has 0 spiro atoms. The van der Waals surface area contributed by atoms with Crippen molar-refractivity contribution in [3.63, 3.8) is 0 Å². The molecule has 0 aliphatic rings. The number of hydrogen-bond donors (Lipinski definition) is 3. The zero-order chi connectivity index (χ0) is 18.5. The van der Waals surface area contributed by atoms with Gasteiger partial charge in [-0.1, -0.05) is 18.2 Å². The molecule has 134 valence electrons. The normalized spacial score (nSPS) is 11.8. The Morgan fingerprint density at radius 3 is 2.62 bits per heavy atom.